The highest BCUT2D eigenvalue weighted by Gasteiger charge is 2.32. The Kier molecular flexibility index (Phi) is 12.5. The van der Waals surface area contributed by atoms with Crippen LogP contribution in [-0.2, 0) is 25.6 Å². The number of thioether (sulfide) groups is 1. The summed E-state index contributed by atoms with van der Waals surface area (Å²) in [6.45, 7) is 2.86. The predicted molar refractivity (Wildman–Crippen MR) is 123 cm³/mol. The van der Waals surface area contributed by atoms with Crippen LogP contribution in [0.1, 0.15) is 32.4 Å². The standard InChI is InChI=1S/C20H34N6O6S/c1-4-11(2)16(26-17(28)13(21)7-12-8-22-10-23-12)19(30)24-14(5-6-33-3)18(29)25-15(9-27)20(31)32/h8,10-11,13-16,27H,4-7,9,21H2,1-3H3,(H,22,23)(H,24,30)(H,25,29)(H,26,28)(H,31,32). The van der Waals surface area contributed by atoms with E-state index in [9.17, 15) is 19.2 Å². The van der Waals surface area contributed by atoms with Crippen molar-refractivity contribution in [2.24, 2.45) is 11.7 Å². The van der Waals surface area contributed by atoms with E-state index in [1.165, 1.54) is 18.1 Å². The molecule has 12 nitrogen and oxygen atoms in total. The molecule has 1 rings (SSSR count). The van der Waals surface area contributed by atoms with Crippen molar-refractivity contribution >= 4 is 35.5 Å². The van der Waals surface area contributed by atoms with Crippen molar-refractivity contribution in [2.45, 2.75) is 57.3 Å². The van der Waals surface area contributed by atoms with Crippen molar-refractivity contribution in [1.82, 2.24) is 25.9 Å². The molecule has 1 aromatic rings. The quantitative estimate of drug-likeness (QED) is 0.156. The van der Waals surface area contributed by atoms with Gasteiger partial charge in [-0.15, -0.1) is 0 Å². The molecule has 0 bridgehead atoms. The number of nitrogens with two attached hydrogens (primary N) is 1. The second kappa shape index (κ2) is 14.5. The van der Waals surface area contributed by atoms with Gasteiger partial charge in [0.25, 0.3) is 0 Å². The number of rotatable bonds is 15. The lowest BCUT2D eigenvalue weighted by molar-refractivity contribution is -0.143. The van der Waals surface area contributed by atoms with Gasteiger partial charge in [0.05, 0.1) is 19.0 Å². The number of aliphatic hydroxyl groups is 1. The minimum Gasteiger partial charge on any atom is -0.480 e. The van der Waals surface area contributed by atoms with E-state index in [0.717, 1.165) is 0 Å². The van der Waals surface area contributed by atoms with Gasteiger partial charge in [0, 0.05) is 18.3 Å². The zero-order valence-electron chi connectivity index (χ0n) is 19.0. The van der Waals surface area contributed by atoms with Crippen LogP contribution in [-0.4, -0.2) is 86.7 Å². The first kappa shape index (κ1) is 28.4. The molecule has 5 atom stereocenters. The average molecular weight is 487 g/mol. The molecule has 0 fully saturated rings. The van der Waals surface area contributed by atoms with Gasteiger partial charge >= 0.3 is 5.97 Å². The summed E-state index contributed by atoms with van der Waals surface area (Å²) in [6, 6.07) is -4.40. The molecule has 0 aromatic carbocycles. The summed E-state index contributed by atoms with van der Waals surface area (Å²) in [5.41, 5.74) is 6.65. The maximum Gasteiger partial charge on any atom is 0.328 e. The molecule has 0 spiro atoms. The molecule has 0 aliphatic carbocycles. The number of aliphatic carboxylic acids is 1. The van der Waals surface area contributed by atoms with E-state index >= 15 is 0 Å². The lowest BCUT2D eigenvalue weighted by atomic mass is 9.97. The second-order valence-electron chi connectivity index (χ2n) is 7.68. The van der Waals surface area contributed by atoms with E-state index in [1.807, 2.05) is 13.2 Å². The van der Waals surface area contributed by atoms with E-state index in [0.29, 0.717) is 17.9 Å². The summed E-state index contributed by atoms with van der Waals surface area (Å²) in [7, 11) is 0. The first-order chi connectivity index (χ1) is 15.6. The highest BCUT2D eigenvalue weighted by Crippen LogP contribution is 2.11. The van der Waals surface area contributed by atoms with Gasteiger partial charge in [0.2, 0.25) is 17.7 Å². The van der Waals surface area contributed by atoms with Crippen LogP contribution < -0.4 is 21.7 Å². The molecule has 0 aliphatic rings. The summed E-state index contributed by atoms with van der Waals surface area (Å²) in [4.78, 5) is 56.2. The molecule has 0 aliphatic heterocycles. The van der Waals surface area contributed by atoms with Gasteiger partial charge in [-0.3, -0.25) is 14.4 Å². The maximum absolute atomic E-state index is 13.1. The molecule has 13 heteroatoms. The Morgan fingerprint density at radius 3 is 2.33 bits per heavy atom. The number of carboxylic acid groups (broad SMARTS) is 1. The van der Waals surface area contributed by atoms with Crippen LogP contribution in [0, 0.1) is 5.92 Å². The average Bonchev–Trinajstić information content (AvgIpc) is 3.30. The fourth-order valence-electron chi connectivity index (χ4n) is 2.91. The van der Waals surface area contributed by atoms with Gasteiger partial charge in [-0.1, -0.05) is 20.3 Å². The third-order valence-corrected chi connectivity index (χ3v) is 5.81. The second-order valence-corrected chi connectivity index (χ2v) is 8.67. The third-order valence-electron chi connectivity index (χ3n) is 5.17. The lowest BCUT2D eigenvalue weighted by Crippen LogP contribution is -2.59. The van der Waals surface area contributed by atoms with Crippen LogP contribution >= 0.6 is 11.8 Å². The number of imidazole rings is 1. The van der Waals surface area contributed by atoms with Crippen LogP contribution in [0.4, 0.5) is 0 Å². The van der Waals surface area contributed by atoms with E-state index in [4.69, 9.17) is 15.9 Å². The summed E-state index contributed by atoms with van der Waals surface area (Å²) in [5, 5.41) is 25.7. The Bertz CT molecular complexity index is 777. The van der Waals surface area contributed by atoms with Crippen molar-refractivity contribution in [3.05, 3.63) is 18.2 Å². The van der Waals surface area contributed by atoms with Gasteiger partial charge in [-0.25, -0.2) is 9.78 Å². The molecule has 33 heavy (non-hydrogen) atoms. The monoisotopic (exact) mass is 486 g/mol. The number of aromatic nitrogens is 2. The summed E-state index contributed by atoms with van der Waals surface area (Å²) >= 11 is 1.45. The summed E-state index contributed by atoms with van der Waals surface area (Å²) in [5.74, 6) is -2.97. The molecule has 1 heterocycles. The number of aliphatic hydroxyl groups excluding tert-OH is 1. The Balaban J connectivity index is 2.91. The number of hydrogen-bond acceptors (Lipinski definition) is 8. The van der Waals surface area contributed by atoms with Crippen molar-refractivity contribution in [1.29, 1.82) is 0 Å². The first-order valence-electron chi connectivity index (χ1n) is 10.6. The zero-order valence-corrected chi connectivity index (χ0v) is 19.9. The minimum absolute atomic E-state index is 0.206. The fraction of sp³-hybridized carbons (Fsp3) is 0.650. The largest absolute Gasteiger partial charge is 0.480 e. The summed E-state index contributed by atoms with van der Waals surface area (Å²) < 4.78 is 0. The fourth-order valence-corrected chi connectivity index (χ4v) is 3.38. The van der Waals surface area contributed by atoms with Crippen molar-refractivity contribution < 1.29 is 29.4 Å². The van der Waals surface area contributed by atoms with Crippen LogP contribution in [0.25, 0.3) is 0 Å². The molecular weight excluding hydrogens is 452 g/mol. The Morgan fingerprint density at radius 1 is 1.15 bits per heavy atom. The molecular formula is C20H34N6O6S. The van der Waals surface area contributed by atoms with E-state index < -0.39 is 54.5 Å². The molecule has 186 valence electrons. The van der Waals surface area contributed by atoms with Crippen LogP contribution in [0.5, 0.6) is 0 Å². The molecule has 8 N–H and O–H groups in total. The Labute approximate surface area is 196 Å². The number of hydrogen-bond donors (Lipinski definition) is 7. The highest BCUT2D eigenvalue weighted by molar-refractivity contribution is 7.98. The number of nitrogens with one attached hydrogen (secondary N) is 4. The number of amides is 3. The van der Waals surface area contributed by atoms with Gasteiger partial charge in [-0.2, -0.15) is 11.8 Å². The summed E-state index contributed by atoms with van der Waals surface area (Å²) in [6.07, 6.45) is 5.86. The molecule has 5 unspecified atom stereocenters. The van der Waals surface area contributed by atoms with E-state index in [2.05, 4.69) is 25.9 Å². The van der Waals surface area contributed by atoms with Crippen LogP contribution in [0.2, 0.25) is 0 Å². The smallest absolute Gasteiger partial charge is 0.328 e. The molecule has 3 amide bonds. The third kappa shape index (κ3) is 9.40. The van der Waals surface area contributed by atoms with Gasteiger partial charge in [0.15, 0.2) is 0 Å². The number of carboxylic acids is 1. The van der Waals surface area contributed by atoms with E-state index in [1.54, 1.807) is 13.1 Å². The SMILES string of the molecule is CCC(C)C(NC(=O)C(N)Cc1cnc[nH]1)C(=O)NC(CCSC)C(=O)NC(CO)C(=O)O. The number of H-pyrrole nitrogens is 1. The lowest BCUT2D eigenvalue weighted by Gasteiger charge is -2.27. The minimum atomic E-state index is -1.49. The first-order valence-corrected chi connectivity index (χ1v) is 12.0. The number of aromatic amines is 1. The molecule has 0 saturated carbocycles. The van der Waals surface area contributed by atoms with Crippen molar-refractivity contribution in [3.8, 4) is 0 Å². The van der Waals surface area contributed by atoms with Crippen LogP contribution in [0.15, 0.2) is 12.5 Å². The molecule has 0 radical (unpaired) electrons. The number of carbonyl (C=O) groups is 4. The molecule has 0 saturated heterocycles. The number of nitrogens with zero attached hydrogens (tertiary/aromatic N) is 1. The maximum atomic E-state index is 13.1. The van der Waals surface area contributed by atoms with Gasteiger partial charge < -0.3 is 36.9 Å². The highest BCUT2D eigenvalue weighted by atomic mass is 32.2. The topological polar surface area (TPSA) is 200 Å². The van der Waals surface area contributed by atoms with Crippen molar-refractivity contribution in [2.75, 3.05) is 18.6 Å². The van der Waals surface area contributed by atoms with Crippen molar-refractivity contribution in [3.63, 3.8) is 0 Å². The van der Waals surface area contributed by atoms with E-state index in [-0.39, 0.29) is 18.8 Å². The number of carbonyl (C=O) groups excluding carboxylic acids is 3. The van der Waals surface area contributed by atoms with Crippen LogP contribution in [0.3, 0.4) is 0 Å². The normalized spacial score (nSPS) is 15.5. The molecule has 1 aromatic heterocycles. The van der Waals surface area contributed by atoms with Gasteiger partial charge in [-0.05, 0) is 24.3 Å². The zero-order chi connectivity index (χ0) is 25.0. The Hall–Kier alpha value is -2.64. The predicted octanol–water partition coefficient (Wildman–Crippen LogP) is -1.39. The van der Waals surface area contributed by atoms with Gasteiger partial charge in [0.1, 0.15) is 18.1 Å². The Morgan fingerprint density at radius 2 is 1.82 bits per heavy atom.